The number of carbonyl (C=O) groups is 1. The highest BCUT2D eigenvalue weighted by Gasteiger charge is 2.52. The van der Waals surface area contributed by atoms with Gasteiger partial charge in [-0.2, -0.15) is 0 Å². The van der Waals surface area contributed by atoms with Gasteiger partial charge in [-0.05, 0) is 25.7 Å². The zero-order chi connectivity index (χ0) is 15.2. The van der Waals surface area contributed by atoms with Crippen molar-refractivity contribution in [2.24, 2.45) is 10.8 Å². The summed E-state index contributed by atoms with van der Waals surface area (Å²) in [5.74, 6) is -0.408. The fourth-order valence-electron chi connectivity index (χ4n) is 2.00. The molecule has 0 aromatic heterocycles. The topological polar surface area (TPSA) is 105 Å². The van der Waals surface area contributed by atoms with Crippen LogP contribution >= 0.6 is 0 Å². The van der Waals surface area contributed by atoms with E-state index >= 15 is 0 Å². The summed E-state index contributed by atoms with van der Waals surface area (Å²) in [6.45, 7) is -2.02. The van der Waals surface area contributed by atoms with Crippen molar-refractivity contribution < 1.29 is 34.3 Å². The largest absolute Gasteiger partial charge is 0.410 e. The standard InChI is InChI=1S/C13H24O7/c1-18-11(19-2)20-10(17)13(5-6-13)4-3-12(7-14,8-15)9-16/h11,14-16H,3-9H2,1-2H3. The summed E-state index contributed by atoms with van der Waals surface area (Å²) in [4.78, 5) is 12.1. The summed E-state index contributed by atoms with van der Waals surface area (Å²) in [7, 11) is 2.74. The number of ether oxygens (including phenoxy) is 3. The van der Waals surface area contributed by atoms with Crippen molar-refractivity contribution in [1.82, 2.24) is 0 Å². The van der Waals surface area contributed by atoms with E-state index in [1.165, 1.54) is 14.2 Å². The zero-order valence-electron chi connectivity index (χ0n) is 12.0. The number of hydrogen-bond acceptors (Lipinski definition) is 7. The van der Waals surface area contributed by atoms with E-state index in [0.29, 0.717) is 25.7 Å². The maximum Gasteiger partial charge on any atom is 0.317 e. The van der Waals surface area contributed by atoms with Crippen LogP contribution in [0.25, 0.3) is 0 Å². The third-order valence-corrected chi connectivity index (χ3v) is 4.01. The molecule has 1 saturated carbocycles. The van der Waals surface area contributed by atoms with E-state index in [1.54, 1.807) is 0 Å². The van der Waals surface area contributed by atoms with E-state index in [4.69, 9.17) is 14.2 Å². The highest BCUT2D eigenvalue weighted by Crippen LogP contribution is 2.52. The minimum atomic E-state index is -1.03. The summed E-state index contributed by atoms with van der Waals surface area (Å²) < 4.78 is 14.7. The fraction of sp³-hybridized carbons (Fsp3) is 0.923. The molecular weight excluding hydrogens is 268 g/mol. The molecule has 118 valence electrons. The lowest BCUT2D eigenvalue weighted by Crippen LogP contribution is -2.36. The van der Waals surface area contributed by atoms with E-state index in [1.807, 2.05) is 0 Å². The molecule has 0 heterocycles. The van der Waals surface area contributed by atoms with Gasteiger partial charge in [-0.3, -0.25) is 4.79 Å². The molecule has 7 nitrogen and oxygen atoms in total. The highest BCUT2D eigenvalue weighted by atomic mass is 16.8. The molecule has 0 unspecified atom stereocenters. The van der Waals surface area contributed by atoms with Crippen molar-refractivity contribution in [2.75, 3.05) is 34.0 Å². The van der Waals surface area contributed by atoms with Gasteiger partial charge in [-0.15, -0.1) is 0 Å². The van der Waals surface area contributed by atoms with Gasteiger partial charge >= 0.3 is 12.4 Å². The monoisotopic (exact) mass is 292 g/mol. The first-order chi connectivity index (χ1) is 9.51. The Hall–Kier alpha value is -0.730. The fourth-order valence-corrected chi connectivity index (χ4v) is 2.00. The van der Waals surface area contributed by atoms with Gasteiger partial charge in [0, 0.05) is 19.6 Å². The van der Waals surface area contributed by atoms with Crippen molar-refractivity contribution in [3.63, 3.8) is 0 Å². The van der Waals surface area contributed by atoms with Crippen LogP contribution in [0.5, 0.6) is 0 Å². The minimum Gasteiger partial charge on any atom is -0.410 e. The predicted molar refractivity (Wildman–Crippen MR) is 68.5 cm³/mol. The summed E-state index contributed by atoms with van der Waals surface area (Å²) in [5.41, 5.74) is -1.57. The summed E-state index contributed by atoms with van der Waals surface area (Å²) in [6, 6.07) is 0. The Kier molecular flexibility index (Phi) is 6.35. The van der Waals surface area contributed by atoms with Crippen LogP contribution in [0.2, 0.25) is 0 Å². The normalized spacial score (nSPS) is 17.3. The molecule has 0 bridgehead atoms. The van der Waals surface area contributed by atoms with Crippen LogP contribution in [0.1, 0.15) is 25.7 Å². The second-order valence-electron chi connectivity index (χ2n) is 5.42. The molecule has 1 fully saturated rings. The first-order valence-electron chi connectivity index (χ1n) is 6.61. The summed E-state index contributed by atoms with van der Waals surface area (Å²) in [5, 5.41) is 27.8. The van der Waals surface area contributed by atoms with Crippen molar-refractivity contribution >= 4 is 5.97 Å². The molecule has 0 atom stereocenters. The lowest BCUT2D eigenvalue weighted by molar-refractivity contribution is -0.259. The molecule has 3 N–H and O–H groups in total. The van der Waals surface area contributed by atoms with Gasteiger partial charge < -0.3 is 29.5 Å². The van der Waals surface area contributed by atoms with Crippen LogP contribution in [0, 0.1) is 10.8 Å². The average Bonchev–Trinajstić information content (AvgIpc) is 3.28. The van der Waals surface area contributed by atoms with Gasteiger partial charge in [0.25, 0.3) is 0 Å². The van der Waals surface area contributed by atoms with Crippen molar-refractivity contribution in [3.8, 4) is 0 Å². The van der Waals surface area contributed by atoms with Gasteiger partial charge in [0.05, 0.1) is 25.2 Å². The molecule has 0 radical (unpaired) electrons. The first kappa shape index (κ1) is 17.3. The van der Waals surface area contributed by atoms with Crippen LogP contribution in [0.15, 0.2) is 0 Å². The molecule has 0 saturated heterocycles. The molecule has 0 amide bonds. The van der Waals surface area contributed by atoms with Gasteiger partial charge in [0.15, 0.2) is 0 Å². The maximum atomic E-state index is 12.1. The van der Waals surface area contributed by atoms with Crippen LogP contribution in [-0.4, -0.2) is 61.8 Å². The molecule has 20 heavy (non-hydrogen) atoms. The third-order valence-electron chi connectivity index (χ3n) is 4.01. The second kappa shape index (κ2) is 7.33. The number of rotatable bonds is 10. The number of methoxy groups -OCH3 is 2. The van der Waals surface area contributed by atoms with Crippen molar-refractivity contribution in [3.05, 3.63) is 0 Å². The predicted octanol–water partition coefficient (Wildman–Crippen LogP) is -0.370. The Balaban J connectivity index is 2.56. The van der Waals surface area contributed by atoms with Crippen LogP contribution in [0.3, 0.4) is 0 Å². The SMILES string of the molecule is COC(OC)OC(=O)C1(CCC(CO)(CO)CO)CC1. The van der Waals surface area contributed by atoms with E-state index in [9.17, 15) is 20.1 Å². The lowest BCUT2D eigenvalue weighted by Gasteiger charge is -2.29. The van der Waals surface area contributed by atoms with Gasteiger partial charge in [-0.1, -0.05) is 0 Å². The Morgan fingerprint density at radius 3 is 2.00 bits per heavy atom. The van der Waals surface area contributed by atoms with E-state index in [0.717, 1.165) is 0 Å². The Morgan fingerprint density at radius 1 is 1.15 bits per heavy atom. The molecule has 0 aliphatic heterocycles. The van der Waals surface area contributed by atoms with Crippen LogP contribution in [0.4, 0.5) is 0 Å². The highest BCUT2D eigenvalue weighted by molar-refractivity contribution is 5.79. The van der Waals surface area contributed by atoms with E-state index < -0.39 is 23.3 Å². The number of aliphatic hydroxyl groups excluding tert-OH is 3. The Bertz CT molecular complexity index is 298. The first-order valence-corrected chi connectivity index (χ1v) is 6.61. The molecule has 0 aromatic carbocycles. The third kappa shape index (κ3) is 3.89. The lowest BCUT2D eigenvalue weighted by atomic mass is 9.82. The Labute approximate surface area is 118 Å². The molecule has 0 spiro atoms. The number of aliphatic hydroxyl groups is 3. The smallest absolute Gasteiger partial charge is 0.317 e. The number of esters is 1. The molecule has 1 aliphatic carbocycles. The minimum absolute atomic E-state index is 0.329. The quantitative estimate of drug-likeness (QED) is 0.372. The van der Waals surface area contributed by atoms with E-state index in [2.05, 4.69) is 0 Å². The average molecular weight is 292 g/mol. The summed E-state index contributed by atoms with van der Waals surface area (Å²) >= 11 is 0. The number of hydrogen-bond donors (Lipinski definition) is 3. The summed E-state index contributed by atoms with van der Waals surface area (Å²) in [6.07, 6.45) is 2.15. The van der Waals surface area contributed by atoms with Crippen LogP contribution in [-0.2, 0) is 19.0 Å². The van der Waals surface area contributed by atoms with E-state index in [-0.39, 0.29) is 19.8 Å². The maximum absolute atomic E-state index is 12.1. The molecular formula is C13H24O7. The second-order valence-corrected chi connectivity index (χ2v) is 5.42. The molecule has 7 heteroatoms. The zero-order valence-corrected chi connectivity index (χ0v) is 12.0. The molecule has 0 aromatic rings. The van der Waals surface area contributed by atoms with Gasteiger partial charge in [-0.25, -0.2) is 0 Å². The van der Waals surface area contributed by atoms with Gasteiger partial charge in [0.2, 0.25) is 0 Å². The van der Waals surface area contributed by atoms with Crippen molar-refractivity contribution in [2.45, 2.75) is 32.2 Å². The Morgan fingerprint density at radius 2 is 1.65 bits per heavy atom. The van der Waals surface area contributed by atoms with Crippen molar-refractivity contribution in [1.29, 1.82) is 0 Å². The molecule has 1 rings (SSSR count). The van der Waals surface area contributed by atoms with Gasteiger partial charge in [0.1, 0.15) is 0 Å². The molecule has 1 aliphatic rings. The van der Waals surface area contributed by atoms with Crippen LogP contribution < -0.4 is 0 Å². The number of carbonyl (C=O) groups excluding carboxylic acids is 1.